The highest BCUT2D eigenvalue weighted by Crippen LogP contribution is 2.30. The predicted molar refractivity (Wildman–Crippen MR) is 76.1 cm³/mol. The number of rotatable bonds is 3. The fourth-order valence-electron chi connectivity index (χ4n) is 2.92. The molecule has 1 saturated carbocycles. The third kappa shape index (κ3) is 2.17. The van der Waals surface area contributed by atoms with Crippen LogP contribution in [0, 0.1) is 0 Å². The van der Waals surface area contributed by atoms with E-state index in [0.717, 1.165) is 18.5 Å². The molecule has 1 fully saturated rings. The molecule has 2 nitrogen and oxygen atoms in total. The molecule has 1 aromatic carbocycles. The van der Waals surface area contributed by atoms with Gasteiger partial charge in [0, 0.05) is 17.8 Å². The number of nitrogens with one attached hydrogen (secondary N) is 1. The lowest BCUT2D eigenvalue weighted by atomic mass is 9.86. The first-order valence-electron chi connectivity index (χ1n) is 7.08. The zero-order valence-electron chi connectivity index (χ0n) is 10.9. The van der Waals surface area contributed by atoms with Crippen molar-refractivity contribution in [2.45, 2.75) is 50.6 Å². The Morgan fingerprint density at radius 3 is 2.78 bits per heavy atom. The molecule has 0 amide bonds. The molecule has 1 aromatic rings. The summed E-state index contributed by atoms with van der Waals surface area (Å²) in [5, 5.41) is 3.52. The summed E-state index contributed by atoms with van der Waals surface area (Å²) in [6.45, 7) is 4.17. The number of nitrogens with two attached hydrogens (primary N) is 1. The van der Waals surface area contributed by atoms with Gasteiger partial charge in [-0.2, -0.15) is 0 Å². The second kappa shape index (κ2) is 4.77. The van der Waals surface area contributed by atoms with Gasteiger partial charge in [-0.25, -0.2) is 0 Å². The van der Waals surface area contributed by atoms with Crippen LogP contribution in [-0.4, -0.2) is 6.04 Å². The number of hydrogen-bond donors (Lipinski definition) is 2. The third-order valence-corrected chi connectivity index (χ3v) is 4.34. The molecule has 0 aliphatic heterocycles. The van der Waals surface area contributed by atoms with Crippen LogP contribution in [0.15, 0.2) is 24.8 Å². The Kier molecular flexibility index (Phi) is 3.13. The Morgan fingerprint density at radius 2 is 2.06 bits per heavy atom. The highest BCUT2D eigenvalue weighted by atomic mass is 14.9. The maximum absolute atomic E-state index is 6.15. The first kappa shape index (κ1) is 11.8. The number of fused-ring (bicyclic) bond motifs is 1. The molecular weight excluding hydrogens is 220 g/mol. The molecule has 2 heteroatoms. The van der Waals surface area contributed by atoms with Gasteiger partial charge in [-0.1, -0.05) is 18.7 Å². The zero-order valence-corrected chi connectivity index (χ0v) is 10.9. The van der Waals surface area contributed by atoms with E-state index in [1.165, 1.54) is 42.4 Å². The Balaban J connectivity index is 1.78. The highest BCUT2D eigenvalue weighted by Gasteiger charge is 2.20. The largest absolute Gasteiger partial charge is 0.382 e. The van der Waals surface area contributed by atoms with Gasteiger partial charge in [-0.15, -0.1) is 0 Å². The van der Waals surface area contributed by atoms with Gasteiger partial charge in [0.2, 0.25) is 0 Å². The summed E-state index contributed by atoms with van der Waals surface area (Å²) in [7, 11) is 0. The Morgan fingerprint density at radius 1 is 1.22 bits per heavy atom. The Hall–Kier alpha value is -1.28. The van der Waals surface area contributed by atoms with Gasteiger partial charge in [-0.05, 0) is 61.3 Å². The molecule has 3 rings (SSSR count). The van der Waals surface area contributed by atoms with Crippen molar-refractivity contribution >= 4 is 5.70 Å². The van der Waals surface area contributed by atoms with E-state index in [1.807, 2.05) is 0 Å². The second-order valence-corrected chi connectivity index (χ2v) is 5.66. The molecule has 2 aliphatic carbocycles. The summed E-state index contributed by atoms with van der Waals surface area (Å²) in [5.41, 5.74) is 11.2. The molecule has 0 aromatic heterocycles. The minimum Gasteiger partial charge on any atom is -0.382 e. The van der Waals surface area contributed by atoms with Crippen LogP contribution >= 0.6 is 0 Å². The van der Waals surface area contributed by atoms with Crippen molar-refractivity contribution in [2.24, 2.45) is 5.73 Å². The standard InChI is InChI=1S/C16H22N2/c1-11(18-14-5-3-6-14)12-8-9-15-13(10-12)4-2-7-16(15)17/h8-10,14,16,18H,1-7,17H2. The van der Waals surface area contributed by atoms with Crippen molar-refractivity contribution in [1.82, 2.24) is 5.32 Å². The Bertz CT molecular complexity index is 460. The molecule has 2 aliphatic rings. The molecule has 1 unspecified atom stereocenters. The van der Waals surface area contributed by atoms with Crippen LogP contribution in [0.4, 0.5) is 0 Å². The average Bonchev–Trinajstić information content (AvgIpc) is 2.33. The van der Waals surface area contributed by atoms with Crippen LogP contribution in [0.25, 0.3) is 5.70 Å². The van der Waals surface area contributed by atoms with Crippen LogP contribution in [0.1, 0.15) is 54.8 Å². The summed E-state index contributed by atoms with van der Waals surface area (Å²) in [6.07, 6.45) is 7.41. The first-order chi connectivity index (χ1) is 8.74. The van der Waals surface area contributed by atoms with Crippen molar-refractivity contribution in [3.63, 3.8) is 0 Å². The molecule has 3 N–H and O–H groups in total. The monoisotopic (exact) mass is 242 g/mol. The van der Waals surface area contributed by atoms with Crippen molar-refractivity contribution in [3.8, 4) is 0 Å². The van der Waals surface area contributed by atoms with Crippen molar-refractivity contribution < 1.29 is 0 Å². The smallest absolute Gasteiger partial charge is 0.0343 e. The van der Waals surface area contributed by atoms with Crippen molar-refractivity contribution in [2.75, 3.05) is 0 Å². The van der Waals surface area contributed by atoms with Crippen LogP contribution in [-0.2, 0) is 6.42 Å². The molecule has 0 spiro atoms. The lowest BCUT2D eigenvalue weighted by Gasteiger charge is -2.29. The molecular formula is C16H22N2. The van der Waals surface area contributed by atoms with Crippen LogP contribution in [0.2, 0.25) is 0 Å². The molecule has 1 atom stereocenters. The van der Waals surface area contributed by atoms with E-state index >= 15 is 0 Å². The average molecular weight is 242 g/mol. The van der Waals surface area contributed by atoms with Gasteiger partial charge in [0.1, 0.15) is 0 Å². The minimum absolute atomic E-state index is 0.232. The number of hydrogen-bond acceptors (Lipinski definition) is 2. The van der Waals surface area contributed by atoms with Crippen LogP contribution in [0.3, 0.4) is 0 Å². The fourth-order valence-corrected chi connectivity index (χ4v) is 2.92. The topological polar surface area (TPSA) is 38.0 Å². The van der Waals surface area contributed by atoms with Gasteiger partial charge in [0.15, 0.2) is 0 Å². The quantitative estimate of drug-likeness (QED) is 0.854. The SMILES string of the molecule is C=C(NC1CCC1)c1ccc2c(c1)CCCC2N. The van der Waals surface area contributed by atoms with Gasteiger partial charge in [0.25, 0.3) is 0 Å². The van der Waals surface area contributed by atoms with Crippen LogP contribution in [0.5, 0.6) is 0 Å². The van der Waals surface area contributed by atoms with Gasteiger partial charge in [0.05, 0.1) is 0 Å². The van der Waals surface area contributed by atoms with E-state index in [0.29, 0.717) is 6.04 Å². The van der Waals surface area contributed by atoms with E-state index in [9.17, 15) is 0 Å². The van der Waals surface area contributed by atoms with Gasteiger partial charge < -0.3 is 11.1 Å². The van der Waals surface area contributed by atoms with Gasteiger partial charge in [-0.3, -0.25) is 0 Å². The maximum Gasteiger partial charge on any atom is 0.0343 e. The molecule has 0 bridgehead atoms. The van der Waals surface area contributed by atoms with Gasteiger partial charge >= 0.3 is 0 Å². The van der Waals surface area contributed by atoms with E-state index in [2.05, 4.69) is 30.1 Å². The van der Waals surface area contributed by atoms with E-state index < -0.39 is 0 Å². The normalized spacial score (nSPS) is 23.1. The summed E-state index contributed by atoms with van der Waals surface area (Å²) in [4.78, 5) is 0. The molecule has 0 saturated heterocycles. The summed E-state index contributed by atoms with van der Waals surface area (Å²) in [5.74, 6) is 0. The summed E-state index contributed by atoms with van der Waals surface area (Å²) in [6, 6.07) is 7.52. The lowest BCUT2D eigenvalue weighted by molar-refractivity contribution is 0.378. The zero-order chi connectivity index (χ0) is 12.5. The third-order valence-electron chi connectivity index (χ3n) is 4.34. The van der Waals surface area contributed by atoms with E-state index in [1.54, 1.807) is 0 Å². The number of aryl methyl sites for hydroxylation is 1. The lowest BCUT2D eigenvalue weighted by Crippen LogP contribution is -2.33. The second-order valence-electron chi connectivity index (χ2n) is 5.66. The summed E-state index contributed by atoms with van der Waals surface area (Å²) >= 11 is 0. The fraction of sp³-hybridized carbons (Fsp3) is 0.500. The minimum atomic E-state index is 0.232. The van der Waals surface area contributed by atoms with Crippen LogP contribution < -0.4 is 11.1 Å². The van der Waals surface area contributed by atoms with Crippen molar-refractivity contribution in [1.29, 1.82) is 0 Å². The predicted octanol–water partition coefficient (Wildman–Crippen LogP) is 3.14. The molecule has 0 radical (unpaired) electrons. The van der Waals surface area contributed by atoms with Crippen molar-refractivity contribution in [3.05, 3.63) is 41.5 Å². The first-order valence-corrected chi connectivity index (χ1v) is 7.08. The van der Waals surface area contributed by atoms with E-state index in [4.69, 9.17) is 5.73 Å². The maximum atomic E-state index is 6.15. The molecule has 96 valence electrons. The highest BCUT2D eigenvalue weighted by molar-refractivity contribution is 5.63. The molecule has 0 heterocycles. The number of benzene rings is 1. The Labute approximate surface area is 109 Å². The summed E-state index contributed by atoms with van der Waals surface area (Å²) < 4.78 is 0. The molecule has 18 heavy (non-hydrogen) atoms. The van der Waals surface area contributed by atoms with E-state index in [-0.39, 0.29) is 6.04 Å².